The monoisotopic (exact) mass is 289 g/mol. The molecular formula is C15H16ClN3O. The average Bonchev–Trinajstić information content (AvgIpc) is 2.47. The molecule has 1 amide bonds. The Labute approximate surface area is 123 Å². The van der Waals surface area contributed by atoms with Gasteiger partial charge in [-0.25, -0.2) is 4.98 Å². The lowest BCUT2D eigenvalue weighted by Crippen LogP contribution is -2.22. The van der Waals surface area contributed by atoms with Gasteiger partial charge in [-0.15, -0.1) is 0 Å². The lowest BCUT2D eigenvalue weighted by Gasteiger charge is -2.06. The summed E-state index contributed by atoms with van der Waals surface area (Å²) in [5, 5.41) is 6.61. The highest BCUT2D eigenvalue weighted by Crippen LogP contribution is 2.10. The Balaban J connectivity index is 1.92. The van der Waals surface area contributed by atoms with Gasteiger partial charge in [0.2, 0.25) is 0 Å². The first-order chi connectivity index (χ1) is 9.69. The molecule has 0 spiro atoms. The Morgan fingerprint density at radius 3 is 2.55 bits per heavy atom. The number of rotatable bonds is 5. The third-order valence-electron chi connectivity index (χ3n) is 2.75. The van der Waals surface area contributed by atoms with Gasteiger partial charge in [-0.05, 0) is 36.8 Å². The molecule has 0 aliphatic carbocycles. The second-order valence-corrected chi connectivity index (χ2v) is 4.71. The van der Waals surface area contributed by atoms with E-state index in [4.69, 9.17) is 11.6 Å². The third kappa shape index (κ3) is 3.96. The number of carbonyl (C=O) groups excluding carboxylic acids is 1. The molecule has 0 bridgehead atoms. The van der Waals surface area contributed by atoms with E-state index in [1.54, 1.807) is 30.5 Å². The maximum Gasteiger partial charge on any atom is 0.253 e. The van der Waals surface area contributed by atoms with E-state index in [1.165, 1.54) is 0 Å². The number of carbonyl (C=O) groups is 1. The molecule has 104 valence electrons. The Hall–Kier alpha value is -2.07. The van der Waals surface area contributed by atoms with E-state index in [9.17, 15) is 4.79 Å². The second kappa shape index (κ2) is 6.91. The predicted octanol–water partition coefficient (Wildman–Crippen LogP) is 3.10. The minimum absolute atomic E-state index is 0.143. The number of hydrogen-bond acceptors (Lipinski definition) is 3. The van der Waals surface area contributed by atoms with E-state index in [0.29, 0.717) is 17.1 Å². The molecule has 0 aliphatic heterocycles. The molecule has 5 heteroatoms. The summed E-state index contributed by atoms with van der Waals surface area (Å²) in [6, 6.07) is 10.9. The Morgan fingerprint density at radius 2 is 1.95 bits per heavy atom. The summed E-state index contributed by atoms with van der Waals surface area (Å²) in [6.07, 6.45) is 1.56. The van der Waals surface area contributed by atoms with Crippen molar-refractivity contribution < 1.29 is 4.79 Å². The van der Waals surface area contributed by atoms with Crippen LogP contribution in [0.4, 0.5) is 5.82 Å². The van der Waals surface area contributed by atoms with Gasteiger partial charge in [-0.1, -0.05) is 23.7 Å². The van der Waals surface area contributed by atoms with Gasteiger partial charge in [0.25, 0.3) is 5.91 Å². The Morgan fingerprint density at radius 1 is 1.20 bits per heavy atom. The highest BCUT2D eigenvalue weighted by atomic mass is 35.5. The molecule has 0 radical (unpaired) electrons. The number of benzene rings is 1. The summed E-state index contributed by atoms with van der Waals surface area (Å²) in [4.78, 5) is 16.1. The number of hydrogen-bond donors (Lipinski definition) is 2. The maximum absolute atomic E-state index is 12.0. The van der Waals surface area contributed by atoms with Crippen LogP contribution in [0.25, 0.3) is 0 Å². The van der Waals surface area contributed by atoms with Crippen LogP contribution in [-0.4, -0.2) is 17.4 Å². The number of nitrogens with zero attached hydrogens (tertiary/aromatic N) is 1. The molecule has 2 N–H and O–H groups in total. The van der Waals surface area contributed by atoms with Crippen molar-refractivity contribution >= 4 is 23.3 Å². The van der Waals surface area contributed by atoms with E-state index in [0.717, 1.165) is 17.9 Å². The highest BCUT2D eigenvalue weighted by Gasteiger charge is 2.05. The minimum Gasteiger partial charge on any atom is -0.370 e. The van der Waals surface area contributed by atoms with Crippen LogP contribution in [0, 0.1) is 0 Å². The van der Waals surface area contributed by atoms with Gasteiger partial charge in [-0.3, -0.25) is 4.79 Å². The molecule has 0 unspecified atom stereocenters. The number of pyridine rings is 1. The van der Waals surface area contributed by atoms with Crippen LogP contribution in [0.15, 0.2) is 42.6 Å². The highest BCUT2D eigenvalue weighted by molar-refractivity contribution is 6.30. The topological polar surface area (TPSA) is 54.0 Å². The fourth-order valence-electron chi connectivity index (χ4n) is 1.70. The van der Waals surface area contributed by atoms with Crippen LogP contribution >= 0.6 is 11.6 Å². The first-order valence-electron chi connectivity index (χ1n) is 6.41. The van der Waals surface area contributed by atoms with Crippen molar-refractivity contribution in [1.82, 2.24) is 10.3 Å². The quantitative estimate of drug-likeness (QED) is 0.889. The smallest absolute Gasteiger partial charge is 0.253 e. The molecule has 0 saturated carbocycles. The zero-order chi connectivity index (χ0) is 14.4. The molecule has 2 rings (SSSR count). The van der Waals surface area contributed by atoms with Crippen molar-refractivity contribution in [3.05, 3.63) is 58.7 Å². The first-order valence-corrected chi connectivity index (χ1v) is 6.79. The predicted molar refractivity (Wildman–Crippen MR) is 81.0 cm³/mol. The summed E-state index contributed by atoms with van der Waals surface area (Å²) in [5.74, 6) is 0.622. The third-order valence-corrected chi connectivity index (χ3v) is 3.00. The standard InChI is InChI=1S/C15H16ClN3O/c1-2-17-14-8-5-12(10-18-14)15(20)19-9-11-3-6-13(16)7-4-11/h3-8,10H,2,9H2,1H3,(H,17,18)(H,19,20). The molecule has 0 fully saturated rings. The average molecular weight is 290 g/mol. The van der Waals surface area contributed by atoms with E-state index in [2.05, 4.69) is 15.6 Å². The largest absolute Gasteiger partial charge is 0.370 e. The lowest BCUT2D eigenvalue weighted by molar-refractivity contribution is 0.0950. The number of aromatic nitrogens is 1. The summed E-state index contributed by atoms with van der Waals surface area (Å²) >= 11 is 5.81. The van der Waals surface area contributed by atoms with Crippen molar-refractivity contribution in [3.63, 3.8) is 0 Å². The van der Waals surface area contributed by atoms with Crippen molar-refractivity contribution in [2.24, 2.45) is 0 Å². The van der Waals surface area contributed by atoms with Crippen LogP contribution in [0.1, 0.15) is 22.8 Å². The normalized spacial score (nSPS) is 10.1. The molecule has 2 aromatic rings. The number of nitrogens with one attached hydrogen (secondary N) is 2. The van der Waals surface area contributed by atoms with Gasteiger partial charge in [0.15, 0.2) is 0 Å². The van der Waals surface area contributed by atoms with Crippen LogP contribution < -0.4 is 10.6 Å². The van der Waals surface area contributed by atoms with Gasteiger partial charge in [0.1, 0.15) is 5.82 Å². The fraction of sp³-hybridized carbons (Fsp3) is 0.200. The Kier molecular flexibility index (Phi) is 4.96. The number of anilines is 1. The minimum atomic E-state index is -0.143. The Bertz CT molecular complexity index is 567. The van der Waals surface area contributed by atoms with E-state index in [-0.39, 0.29) is 5.91 Å². The summed E-state index contributed by atoms with van der Waals surface area (Å²) in [5.41, 5.74) is 1.54. The molecule has 4 nitrogen and oxygen atoms in total. The zero-order valence-corrected chi connectivity index (χ0v) is 11.9. The van der Waals surface area contributed by atoms with Crippen LogP contribution in [0.3, 0.4) is 0 Å². The van der Waals surface area contributed by atoms with Gasteiger partial charge >= 0.3 is 0 Å². The molecule has 20 heavy (non-hydrogen) atoms. The molecule has 0 aliphatic rings. The van der Waals surface area contributed by atoms with E-state index in [1.807, 2.05) is 19.1 Å². The first kappa shape index (κ1) is 14.3. The van der Waals surface area contributed by atoms with E-state index >= 15 is 0 Å². The number of halogens is 1. The number of amides is 1. The fourth-order valence-corrected chi connectivity index (χ4v) is 1.83. The SMILES string of the molecule is CCNc1ccc(C(=O)NCc2ccc(Cl)cc2)cn1. The molecule has 0 atom stereocenters. The van der Waals surface area contributed by atoms with Crippen LogP contribution in [0.2, 0.25) is 5.02 Å². The summed E-state index contributed by atoms with van der Waals surface area (Å²) in [7, 11) is 0. The van der Waals surface area contributed by atoms with Crippen molar-refractivity contribution in [3.8, 4) is 0 Å². The van der Waals surface area contributed by atoms with Crippen LogP contribution in [0.5, 0.6) is 0 Å². The summed E-state index contributed by atoms with van der Waals surface area (Å²) in [6.45, 7) is 3.26. The van der Waals surface area contributed by atoms with Crippen molar-refractivity contribution in [2.75, 3.05) is 11.9 Å². The van der Waals surface area contributed by atoms with Crippen molar-refractivity contribution in [1.29, 1.82) is 0 Å². The zero-order valence-electron chi connectivity index (χ0n) is 11.2. The van der Waals surface area contributed by atoms with Crippen LogP contribution in [-0.2, 0) is 6.54 Å². The van der Waals surface area contributed by atoms with Gasteiger partial charge in [0, 0.05) is 24.3 Å². The van der Waals surface area contributed by atoms with Crippen molar-refractivity contribution in [2.45, 2.75) is 13.5 Å². The molecular weight excluding hydrogens is 274 g/mol. The molecule has 0 saturated heterocycles. The molecule has 1 heterocycles. The molecule has 1 aromatic heterocycles. The van der Waals surface area contributed by atoms with Gasteiger partial charge in [0.05, 0.1) is 5.56 Å². The second-order valence-electron chi connectivity index (χ2n) is 4.27. The molecule has 1 aromatic carbocycles. The maximum atomic E-state index is 12.0. The van der Waals surface area contributed by atoms with Gasteiger partial charge < -0.3 is 10.6 Å². The van der Waals surface area contributed by atoms with E-state index < -0.39 is 0 Å². The summed E-state index contributed by atoms with van der Waals surface area (Å²) < 4.78 is 0. The van der Waals surface area contributed by atoms with Gasteiger partial charge in [-0.2, -0.15) is 0 Å². The lowest BCUT2D eigenvalue weighted by atomic mass is 10.2.